The van der Waals surface area contributed by atoms with Crippen molar-refractivity contribution in [2.24, 2.45) is 11.3 Å². The van der Waals surface area contributed by atoms with E-state index in [4.69, 9.17) is 10.7 Å². The molecule has 0 radical (unpaired) electrons. The van der Waals surface area contributed by atoms with E-state index in [1.807, 2.05) is 13.8 Å². The molecule has 0 amide bonds. The lowest BCUT2D eigenvalue weighted by Gasteiger charge is -2.40. The van der Waals surface area contributed by atoms with Gasteiger partial charge in [0.15, 0.2) is 0 Å². The molecule has 2 unspecified atom stereocenters. The molecule has 0 aromatic heterocycles. The Labute approximate surface area is 89.8 Å². The molecule has 4 heteroatoms. The fourth-order valence-electron chi connectivity index (χ4n) is 3.20. The van der Waals surface area contributed by atoms with Crippen LogP contribution in [-0.2, 0) is 9.05 Å². The Bertz CT molecular complexity index is 396. The quantitative estimate of drug-likeness (QED) is 0.517. The second kappa shape index (κ2) is 2.56. The average Bonchev–Trinajstić information content (AvgIpc) is 2.51. The molecule has 0 aliphatic heterocycles. The summed E-state index contributed by atoms with van der Waals surface area (Å²) in [5, 5.41) is 0. The van der Waals surface area contributed by atoms with Crippen LogP contribution in [0.5, 0.6) is 0 Å². The summed E-state index contributed by atoms with van der Waals surface area (Å²) in [7, 11) is 2.10. The van der Waals surface area contributed by atoms with E-state index >= 15 is 0 Å². The van der Waals surface area contributed by atoms with Crippen LogP contribution in [0.25, 0.3) is 0 Å². The molecular weight excluding hydrogens is 220 g/mol. The Morgan fingerprint density at radius 3 is 2.36 bits per heavy atom. The molecule has 2 saturated carbocycles. The van der Waals surface area contributed by atoms with Crippen molar-refractivity contribution in [1.82, 2.24) is 0 Å². The van der Waals surface area contributed by atoms with Crippen molar-refractivity contribution in [3.63, 3.8) is 0 Å². The van der Waals surface area contributed by atoms with Crippen LogP contribution in [0.3, 0.4) is 0 Å². The third-order valence-corrected chi connectivity index (χ3v) is 7.07. The molecule has 2 rings (SSSR count). The van der Waals surface area contributed by atoms with Crippen molar-refractivity contribution < 1.29 is 8.42 Å². The van der Waals surface area contributed by atoms with E-state index in [2.05, 4.69) is 6.58 Å². The fourth-order valence-corrected chi connectivity index (χ4v) is 5.71. The van der Waals surface area contributed by atoms with Gasteiger partial charge in [-0.05, 0) is 25.2 Å². The zero-order chi connectivity index (χ0) is 10.8. The molecular formula is C10H15ClO2S. The summed E-state index contributed by atoms with van der Waals surface area (Å²) in [6, 6.07) is 0. The van der Waals surface area contributed by atoms with Crippen molar-refractivity contribution >= 4 is 19.7 Å². The number of allylic oxidation sites excluding steroid dienone is 1. The van der Waals surface area contributed by atoms with Gasteiger partial charge in [-0.15, -0.1) is 0 Å². The maximum Gasteiger partial charge on any atom is 0.239 e. The molecule has 80 valence electrons. The molecule has 2 fully saturated rings. The second-order valence-corrected chi connectivity index (χ2v) is 7.90. The summed E-state index contributed by atoms with van der Waals surface area (Å²) in [5.74, 6) is 0.360. The largest absolute Gasteiger partial charge is 0.239 e. The molecule has 2 aliphatic carbocycles. The number of fused-ring (bicyclic) bond motifs is 2. The molecule has 0 aromatic carbocycles. The van der Waals surface area contributed by atoms with Gasteiger partial charge < -0.3 is 0 Å². The first-order valence-electron chi connectivity index (χ1n) is 4.86. The molecule has 2 aliphatic rings. The number of hydrogen-bond acceptors (Lipinski definition) is 2. The first kappa shape index (κ1) is 10.5. The van der Waals surface area contributed by atoms with Crippen LogP contribution in [0.4, 0.5) is 0 Å². The van der Waals surface area contributed by atoms with Crippen molar-refractivity contribution in [2.45, 2.75) is 37.9 Å². The smallest absolute Gasteiger partial charge is 0.212 e. The Balaban J connectivity index is 2.62. The second-order valence-electron chi connectivity index (χ2n) is 5.02. The van der Waals surface area contributed by atoms with E-state index in [-0.39, 0.29) is 5.41 Å². The number of rotatable bonds is 1. The maximum absolute atomic E-state index is 11.7. The van der Waals surface area contributed by atoms with Gasteiger partial charge in [0, 0.05) is 16.1 Å². The van der Waals surface area contributed by atoms with E-state index in [0.29, 0.717) is 18.8 Å². The summed E-state index contributed by atoms with van der Waals surface area (Å²) in [5.41, 5.74) is 0.698. The van der Waals surface area contributed by atoms with Gasteiger partial charge in [-0.2, -0.15) is 0 Å². The molecule has 0 spiro atoms. The number of hydrogen-bond donors (Lipinski definition) is 0. The van der Waals surface area contributed by atoms with Gasteiger partial charge in [0.25, 0.3) is 0 Å². The van der Waals surface area contributed by atoms with Gasteiger partial charge in [0.2, 0.25) is 9.05 Å². The van der Waals surface area contributed by atoms with Crippen molar-refractivity contribution in [1.29, 1.82) is 0 Å². The van der Waals surface area contributed by atoms with Crippen LogP contribution < -0.4 is 0 Å². The molecule has 0 saturated heterocycles. The Morgan fingerprint density at radius 2 is 2.07 bits per heavy atom. The third kappa shape index (κ3) is 0.951. The highest BCUT2D eigenvalue weighted by Crippen LogP contribution is 2.65. The molecule has 2 nitrogen and oxygen atoms in total. The van der Waals surface area contributed by atoms with Crippen molar-refractivity contribution in [3.05, 3.63) is 12.2 Å². The predicted molar refractivity (Wildman–Crippen MR) is 57.8 cm³/mol. The van der Waals surface area contributed by atoms with Crippen LogP contribution in [0.2, 0.25) is 0 Å². The standard InChI is InChI=1S/C10H15ClO2S/c1-7-8-4-5-10(6-8,9(7,2)3)14(11,12)13/h8H,1,4-6H2,2-3H3. The highest BCUT2D eigenvalue weighted by Gasteiger charge is 2.65. The molecule has 0 heterocycles. The van der Waals surface area contributed by atoms with Crippen LogP contribution in [0, 0.1) is 11.3 Å². The van der Waals surface area contributed by atoms with Gasteiger partial charge in [0.1, 0.15) is 0 Å². The summed E-state index contributed by atoms with van der Waals surface area (Å²) < 4.78 is 22.7. The monoisotopic (exact) mass is 234 g/mol. The zero-order valence-electron chi connectivity index (χ0n) is 8.51. The molecule has 0 aromatic rings. The van der Waals surface area contributed by atoms with Crippen LogP contribution in [-0.4, -0.2) is 13.2 Å². The van der Waals surface area contributed by atoms with Crippen molar-refractivity contribution in [2.75, 3.05) is 0 Å². The lowest BCUT2D eigenvalue weighted by Crippen LogP contribution is -2.45. The van der Waals surface area contributed by atoms with Crippen LogP contribution >= 0.6 is 10.7 Å². The van der Waals surface area contributed by atoms with Gasteiger partial charge >= 0.3 is 0 Å². The Kier molecular flexibility index (Phi) is 1.92. The minimum atomic E-state index is -3.50. The zero-order valence-corrected chi connectivity index (χ0v) is 10.1. The Morgan fingerprint density at radius 1 is 1.50 bits per heavy atom. The molecule has 0 N–H and O–H groups in total. The van der Waals surface area contributed by atoms with E-state index < -0.39 is 13.8 Å². The average molecular weight is 235 g/mol. The van der Waals surface area contributed by atoms with Gasteiger partial charge in [-0.3, -0.25) is 0 Å². The van der Waals surface area contributed by atoms with Crippen molar-refractivity contribution in [3.8, 4) is 0 Å². The van der Waals surface area contributed by atoms with E-state index in [0.717, 1.165) is 12.0 Å². The summed E-state index contributed by atoms with van der Waals surface area (Å²) in [4.78, 5) is 0. The highest BCUT2D eigenvalue weighted by atomic mass is 35.7. The van der Waals surface area contributed by atoms with Gasteiger partial charge in [0.05, 0.1) is 4.75 Å². The molecule has 2 atom stereocenters. The molecule has 14 heavy (non-hydrogen) atoms. The van der Waals surface area contributed by atoms with Crippen LogP contribution in [0.15, 0.2) is 12.2 Å². The minimum absolute atomic E-state index is 0.360. The lowest BCUT2D eigenvalue weighted by molar-refractivity contribution is 0.311. The van der Waals surface area contributed by atoms with Crippen LogP contribution in [0.1, 0.15) is 33.1 Å². The summed E-state index contributed by atoms with van der Waals surface area (Å²) >= 11 is 0. The van der Waals surface area contributed by atoms with E-state index in [1.165, 1.54) is 0 Å². The normalized spacial score (nSPS) is 40.5. The van der Waals surface area contributed by atoms with E-state index in [1.54, 1.807) is 0 Å². The minimum Gasteiger partial charge on any atom is -0.212 e. The predicted octanol–water partition coefficient (Wildman–Crippen LogP) is 2.69. The van der Waals surface area contributed by atoms with Gasteiger partial charge in [-0.25, -0.2) is 8.42 Å². The fraction of sp³-hybridized carbons (Fsp3) is 0.800. The van der Waals surface area contributed by atoms with E-state index in [9.17, 15) is 8.42 Å². The molecule has 2 bridgehead atoms. The third-order valence-electron chi connectivity index (χ3n) is 4.37. The summed E-state index contributed by atoms with van der Waals surface area (Å²) in [6.07, 6.45) is 2.29. The SMILES string of the molecule is C=C1C2CCC(S(=O)(=O)Cl)(C2)C1(C)C. The first-order valence-corrected chi connectivity index (χ1v) is 7.17. The summed E-state index contributed by atoms with van der Waals surface area (Å²) in [6.45, 7) is 7.93. The number of halogens is 1. The Hall–Kier alpha value is -0.0200. The lowest BCUT2D eigenvalue weighted by atomic mass is 9.73. The highest BCUT2D eigenvalue weighted by molar-refractivity contribution is 8.14. The van der Waals surface area contributed by atoms with Gasteiger partial charge in [-0.1, -0.05) is 26.0 Å². The topological polar surface area (TPSA) is 34.1 Å². The first-order chi connectivity index (χ1) is 6.22. The maximum atomic E-state index is 11.7.